The highest BCUT2D eigenvalue weighted by Gasteiger charge is 2.22. The summed E-state index contributed by atoms with van der Waals surface area (Å²) in [6, 6.07) is 4.58. The minimum absolute atomic E-state index is 0.0359. The van der Waals surface area contributed by atoms with Gasteiger partial charge >= 0.3 is 0 Å². The van der Waals surface area contributed by atoms with Gasteiger partial charge in [-0.2, -0.15) is 0 Å². The predicted octanol–water partition coefficient (Wildman–Crippen LogP) is 3.24. The van der Waals surface area contributed by atoms with E-state index in [2.05, 4.69) is 4.98 Å². The summed E-state index contributed by atoms with van der Waals surface area (Å²) in [5.41, 5.74) is 2.26. The van der Waals surface area contributed by atoms with E-state index in [4.69, 9.17) is 0 Å². The molecule has 0 aliphatic carbocycles. The van der Waals surface area contributed by atoms with Crippen molar-refractivity contribution in [1.29, 1.82) is 0 Å². The number of fused-ring (bicyclic) bond motifs is 1. The summed E-state index contributed by atoms with van der Waals surface area (Å²) in [5.74, 6) is -0.236. The second kappa shape index (κ2) is 4.68. The molecule has 1 amide bonds. The number of H-pyrrole nitrogens is 1. The number of hydrogen-bond donors (Lipinski definition) is 1. The third-order valence-corrected chi connectivity index (χ3v) is 3.88. The fourth-order valence-corrected chi connectivity index (χ4v) is 2.77. The number of hydrogen-bond acceptors (Lipinski definition) is 1. The molecule has 3 rings (SSSR count). The molecule has 2 heterocycles. The topological polar surface area (TPSA) is 36.1 Å². The van der Waals surface area contributed by atoms with Gasteiger partial charge < -0.3 is 9.88 Å². The van der Waals surface area contributed by atoms with E-state index in [-0.39, 0.29) is 11.7 Å². The smallest absolute Gasteiger partial charge is 0.270 e. The summed E-state index contributed by atoms with van der Waals surface area (Å²) >= 11 is 0. The number of amides is 1. The minimum Gasteiger partial charge on any atom is -0.350 e. The zero-order valence-electron chi connectivity index (χ0n) is 11.0. The Morgan fingerprint density at radius 2 is 2.00 bits per heavy atom. The van der Waals surface area contributed by atoms with Gasteiger partial charge in [-0.25, -0.2) is 4.39 Å². The van der Waals surface area contributed by atoms with Crippen LogP contribution in [0.15, 0.2) is 18.2 Å². The predicted molar refractivity (Wildman–Crippen MR) is 72.7 cm³/mol. The molecule has 0 bridgehead atoms. The number of likely N-dealkylation sites (tertiary alicyclic amines) is 1. The Balaban J connectivity index is 2.00. The van der Waals surface area contributed by atoms with E-state index < -0.39 is 0 Å². The van der Waals surface area contributed by atoms with Crippen LogP contribution >= 0.6 is 0 Å². The number of rotatable bonds is 1. The second-order valence-electron chi connectivity index (χ2n) is 5.17. The van der Waals surface area contributed by atoms with Gasteiger partial charge in [-0.05, 0) is 49.9 Å². The number of carbonyl (C=O) groups excluding carboxylic acids is 1. The van der Waals surface area contributed by atoms with Crippen LogP contribution in [0.3, 0.4) is 0 Å². The lowest BCUT2D eigenvalue weighted by Gasteiger charge is -2.26. The van der Waals surface area contributed by atoms with E-state index in [1.54, 1.807) is 6.07 Å². The number of aromatic nitrogens is 1. The Morgan fingerprint density at radius 1 is 1.26 bits per heavy atom. The van der Waals surface area contributed by atoms with Gasteiger partial charge in [0.15, 0.2) is 0 Å². The van der Waals surface area contributed by atoms with Gasteiger partial charge in [0, 0.05) is 24.0 Å². The van der Waals surface area contributed by atoms with Crippen LogP contribution in [0.25, 0.3) is 10.9 Å². The standard InChI is InChI=1S/C15H17FN2O/c1-10-12-9-11(16)5-6-13(12)17-14(10)15(19)18-7-3-2-4-8-18/h5-6,9,17H,2-4,7-8H2,1H3. The lowest BCUT2D eigenvalue weighted by atomic mass is 10.1. The minimum atomic E-state index is -0.272. The maximum absolute atomic E-state index is 13.3. The third-order valence-electron chi connectivity index (χ3n) is 3.88. The van der Waals surface area contributed by atoms with Crippen molar-refractivity contribution in [2.75, 3.05) is 13.1 Å². The third kappa shape index (κ3) is 2.11. The first kappa shape index (κ1) is 12.2. The van der Waals surface area contributed by atoms with Crippen LogP contribution in [-0.2, 0) is 0 Å². The number of piperidine rings is 1. The van der Waals surface area contributed by atoms with Crippen LogP contribution in [0.4, 0.5) is 4.39 Å². The number of nitrogens with one attached hydrogen (secondary N) is 1. The van der Waals surface area contributed by atoms with Crippen molar-refractivity contribution in [3.05, 3.63) is 35.3 Å². The van der Waals surface area contributed by atoms with Crippen LogP contribution in [0, 0.1) is 12.7 Å². The van der Waals surface area contributed by atoms with Crippen LogP contribution in [0.1, 0.15) is 35.3 Å². The lowest BCUT2D eigenvalue weighted by Crippen LogP contribution is -2.36. The number of halogens is 1. The zero-order valence-corrected chi connectivity index (χ0v) is 11.0. The molecule has 19 heavy (non-hydrogen) atoms. The van der Waals surface area contributed by atoms with Gasteiger partial charge in [-0.3, -0.25) is 4.79 Å². The van der Waals surface area contributed by atoms with E-state index in [0.717, 1.165) is 42.4 Å². The van der Waals surface area contributed by atoms with Crippen molar-refractivity contribution < 1.29 is 9.18 Å². The summed E-state index contributed by atoms with van der Waals surface area (Å²) in [6.45, 7) is 3.51. The van der Waals surface area contributed by atoms with Crippen LogP contribution in [0.5, 0.6) is 0 Å². The van der Waals surface area contributed by atoms with Gasteiger partial charge in [0.2, 0.25) is 0 Å². The summed E-state index contributed by atoms with van der Waals surface area (Å²) in [7, 11) is 0. The molecule has 0 saturated carbocycles. The highest BCUT2D eigenvalue weighted by molar-refractivity contribution is 6.00. The number of carbonyl (C=O) groups is 1. The molecule has 1 fully saturated rings. The van der Waals surface area contributed by atoms with Crippen molar-refractivity contribution in [2.24, 2.45) is 0 Å². The number of benzene rings is 1. The summed E-state index contributed by atoms with van der Waals surface area (Å²) in [6.07, 6.45) is 3.33. The summed E-state index contributed by atoms with van der Waals surface area (Å²) in [4.78, 5) is 17.5. The quantitative estimate of drug-likeness (QED) is 0.839. The first-order chi connectivity index (χ1) is 9.16. The summed E-state index contributed by atoms with van der Waals surface area (Å²) < 4.78 is 13.3. The van der Waals surface area contributed by atoms with Crippen molar-refractivity contribution in [1.82, 2.24) is 9.88 Å². The van der Waals surface area contributed by atoms with E-state index in [0.29, 0.717) is 5.69 Å². The Kier molecular flexibility index (Phi) is 3.01. The molecule has 2 aromatic rings. The van der Waals surface area contributed by atoms with Crippen molar-refractivity contribution in [2.45, 2.75) is 26.2 Å². The molecule has 100 valence electrons. The Hall–Kier alpha value is -1.84. The fraction of sp³-hybridized carbons (Fsp3) is 0.400. The van der Waals surface area contributed by atoms with Crippen molar-refractivity contribution in [3.8, 4) is 0 Å². The van der Waals surface area contributed by atoms with Crippen molar-refractivity contribution >= 4 is 16.8 Å². The number of aromatic amines is 1. The number of nitrogens with zero attached hydrogens (tertiary/aromatic N) is 1. The van der Waals surface area contributed by atoms with Crippen LogP contribution in [0.2, 0.25) is 0 Å². The van der Waals surface area contributed by atoms with Gasteiger partial charge in [0.25, 0.3) is 5.91 Å². The molecule has 1 aliphatic rings. The molecule has 0 unspecified atom stereocenters. The first-order valence-electron chi connectivity index (χ1n) is 6.74. The maximum atomic E-state index is 13.3. The Morgan fingerprint density at radius 3 is 2.74 bits per heavy atom. The molecule has 1 aromatic heterocycles. The molecule has 1 saturated heterocycles. The van der Waals surface area contributed by atoms with Gasteiger partial charge in [-0.15, -0.1) is 0 Å². The molecule has 1 aromatic carbocycles. The van der Waals surface area contributed by atoms with Gasteiger partial charge in [0.1, 0.15) is 11.5 Å². The maximum Gasteiger partial charge on any atom is 0.270 e. The molecular formula is C15H17FN2O. The molecule has 3 nitrogen and oxygen atoms in total. The van der Waals surface area contributed by atoms with Crippen LogP contribution in [-0.4, -0.2) is 28.9 Å². The Labute approximate surface area is 111 Å². The summed E-state index contributed by atoms with van der Waals surface area (Å²) in [5, 5.41) is 0.792. The Bertz CT molecular complexity index is 626. The normalized spacial score (nSPS) is 16.0. The van der Waals surface area contributed by atoms with Crippen molar-refractivity contribution in [3.63, 3.8) is 0 Å². The highest BCUT2D eigenvalue weighted by atomic mass is 19.1. The molecule has 1 N–H and O–H groups in total. The molecule has 0 radical (unpaired) electrons. The van der Waals surface area contributed by atoms with E-state index >= 15 is 0 Å². The highest BCUT2D eigenvalue weighted by Crippen LogP contribution is 2.24. The average molecular weight is 260 g/mol. The lowest BCUT2D eigenvalue weighted by molar-refractivity contribution is 0.0718. The largest absolute Gasteiger partial charge is 0.350 e. The van der Waals surface area contributed by atoms with E-state index in [9.17, 15) is 9.18 Å². The SMILES string of the molecule is Cc1c(C(=O)N2CCCCC2)[nH]c2ccc(F)cc12. The first-order valence-corrected chi connectivity index (χ1v) is 6.74. The van der Waals surface area contributed by atoms with Gasteiger partial charge in [-0.1, -0.05) is 0 Å². The molecule has 0 spiro atoms. The fourth-order valence-electron chi connectivity index (χ4n) is 2.77. The number of aryl methyl sites for hydroxylation is 1. The molecule has 4 heteroatoms. The van der Waals surface area contributed by atoms with Crippen LogP contribution < -0.4 is 0 Å². The monoisotopic (exact) mass is 260 g/mol. The molecular weight excluding hydrogens is 243 g/mol. The van der Waals surface area contributed by atoms with Gasteiger partial charge in [0.05, 0.1) is 0 Å². The average Bonchev–Trinajstić information content (AvgIpc) is 2.76. The van der Waals surface area contributed by atoms with E-state index in [1.165, 1.54) is 18.6 Å². The second-order valence-corrected chi connectivity index (χ2v) is 5.17. The zero-order chi connectivity index (χ0) is 13.4. The van der Waals surface area contributed by atoms with E-state index in [1.807, 2.05) is 11.8 Å². The molecule has 1 aliphatic heterocycles. The molecule has 0 atom stereocenters.